The van der Waals surface area contributed by atoms with Crippen LogP contribution in [0, 0.1) is 0 Å². The molecule has 0 saturated heterocycles. The van der Waals surface area contributed by atoms with Crippen LogP contribution in [0.1, 0.15) is 39.3 Å². The topological polar surface area (TPSA) is 79.8 Å². The Morgan fingerprint density at radius 3 is 1.86 bits per heavy atom. The molecule has 2 atom stereocenters. The predicted molar refractivity (Wildman–Crippen MR) is 168 cm³/mol. The SMILES string of the molecule is O=C(Nc1ccc(O)cc1)c1ccccc1CNC1=C(Cl)C(Oc2ccccc2)c2ccccc2C1Oc1ccccc1. The quantitative estimate of drug-likeness (QED) is 0.151. The summed E-state index contributed by atoms with van der Waals surface area (Å²) in [6.45, 7) is 0.305. The van der Waals surface area contributed by atoms with Crippen LogP contribution in [-0.4, -0.2) is 11.0 Å². The van der Waals surface area contributed by atoms with Gasteiger partial charge in [0.05, 0.1) is 10.7 Å². The third kappa shape index (κ3) is 6.35. The zero-order chi connectivity index (χ0) is 29.6. The summed E-state index contributed by atoms with van der Waals surface area (Å²) in [5.74, 6) is 1.25. The van der Waals surface area contributed by atoms with Gasteiger partial charge in [0.1, 0.15) is 17.2 Å². The minimum absolute atomic E-state index is 0.128. The van der Waals surface area contributed by atoms with Gasteiger partial charge in [-0.05, 0) is 60.2 Å². The lowest BCUT2D eigenvalue weighted by Gasteiger charge is -2.34. The fourth-order valence-corrected chi connectivity index (χ4v) is 5.39. The van der Waals surface area contributed by atoms with E-state index in [1.807, 2.05) is 103 Å². The normalized spacial score (nSPS) is 15.7. The number of hydrogen-bond donors (Lipinski definition) is 3. The van der Waals surface area contributed by atoms with Gasteiger partial charge >= 0.3 is 0 Å². The summed E-state index contributed by atoms with van der Waals surface area (Å²) in [5, 5.41) is 16.5. The summed E-state index contributed by atoms with van der Waals surface area (Å²) in [6, 6.07) is 40.9. The fourth-order valence-electron chi connectivity index (χ4n) is 5.06. The first-order valence-electron chi connectivity index (χ1n) is 13.9. The number of hydrogen-bond acceptors (Lipinski definition) is 5. The maximum Gasteiger partial charge on any atom is 0.256 e. The molecule has 0 bridgehead atoms. The lowest BCUT2D eigenvalue weighted by Crippen LogP contribution is -2.31. The van der Waals surface area contributed by atoms with Crippen LogP contribution < -0.4 is 20.1 Å². The molecule has 0 fully saturated rings. The summed E-state index contributed by atoms with van der Waals surface area (Å²) in [5.41, 5.74) is 4.35. The van der Waals surface area contributed by atoms with E-state index in [4.69, 9.17) is 21.1 Å². The van der Waals surface area contributed by atoms with Crippen molar-refractivity contribution in [2.75, 3.05) is 5.32 Å². The Hall–Kier alpha value is -5.20. The first-order valence-corrected chi connectivity index (χ1v) is 14.3. The van der Waals surface area contributed by atoms with E-state index in [0.717, 1.165) is 16.7 Å². The van der Waals surface area contributed by atoms with Gasteiger partial charge in [0, 0.05) is 28.9 Å². The number of carbonyl (C=O) groups is 1. The Morgan fingerprint density at radius 1 is 0.674 bits per heavy atom. The Kier molecular flexibility index (Phi) is 8.29. The van der Waals surface area contributed by atoms with Crippen molar-refractivity contribution >= 4 is 23.2 Å². The number of anilines is 1. The molecule has 6 nitrogen and oxygen atoms in total. The molecule has 0 radical (unpaired) electrons. The van der Waals surface area contributed by atoms with Crippen molar-refractivity contribution < 1.29 is 19.4 Å². The minimum atomic E-state index is -0.563. The molecule has 2 unspecified atom stereocenters. The van der Waals surface area contributed by atoms with Crippen molar-refractivity contribution in [1.82, 2.24) is 5.32 Å². The minimum Gasteiger partial charge on any atom is -0.508 e. The predicted octanol–water partition coefficient (Wildman–Crippen LogP) is 8.14. The van der Waals surface area contributed by atoms with E-state index < -0.39 is 12.2 Å². The second kappa shape index (κ2) is 12.8. The van der Waals surface area contributed by atoms with Crippen LogP contribution in [0.3, 0.4) is 0 Å². The molecule has 6 rings (SSSR count). The monoisotopic (exact) mass is 588 g/mol. The second-order valence-corrected chi connectivity index (χ2v) is 10.4. The number of phenols is 1. The van der Waals surface area contributed by atoms with Gasteiger partial charge in [0.25, 0.3) is 5.91 Å². The van der Waals surface area contributed by atoms with Gasteiger partial charge in [-0.2, -0.15) is 0 Å². The molecule has 5 aromatic rings. The highest BCUT2D eigenvalue weighted by molar-refractivity contribution is 6.30. The molecule has 0 aromatic heterocycles. The lowest BCUT2D eigenvalue weighted by molar-refractivity contribution is 0.102. The molecule has 0 heterocycles. The summed E-state index contributed by atoms with van der Waals surface area (Å²) in [4.78, 5) is 13.3. The van der Waals surface area contributed by atoms with Crippen LogP contribution in [0.5, 0.6) is 17.2 Å². The third-order valence-electron chi connectivity index (χ3n) is 7.16. The van der Waals surface area contributed by atoms with Gasteiger partial charge in [-0.15, -0.1) is 0 Å². The zero-order valence-corrected chi connectivity index (χ0v) is 23.9. The number of aromatic hydroxyl groups is 1. The second-order valence-electron chi connectivity index (χ2n) is 10.0. The van der Waals surface area contributed by atoms with Crippen molar-refractivity contribution in [2.45, 2.75) is 18.8 Å². The molecule has 214 valence electrons. The van der Waals surface area contributed by atoms with Gasteiger partial charge in [-0.25, -0.2) is 0 Å². The van der Waals surface area contributed by atoms with Crippen molar-refractivity contribution in [3.63, 3.8) is 0 Å². The van der Waals surface area contributed by atoms with E-state index in [9.17, 15) is 9.90 Å². The molecule has 43 heavy (non-hydrogen) atoms. The highest BCUT2D eigenvalue weighted by atomic mass is 35.5. The number of para-hydroxylation sites is 2. The fraction of sp³-hybridized carbons (Fsp3) is 0.0833. The molecule has 1 aliphatic rings. The number of rotatable bonds is 9. The standard InChI is InChI=1S/C36H29ClN2O4/c37-32-33(38-23-24-11-7-8-16-29(24)36(41)39-25-19-21-26(40)22-20-25)35(43-28-14-5-2-6-15-28)31-18-10-9-17-30(31)34(32)42-27-12-3-1-4-13-27/h1-22,34-35,38,40H,23H2,(H,39,41). The van der Waals surface area contributed by atoms with E-state index in [1.165, 1.54) is 12.1 Å². The average Bonchev–Trinajstić information content (AvgIpc) is 3.05. The van der Waals surface area contributed by atoms with E-state index in [0.29, 0.717) is 40.0 Å². The number of halogens is 1. The molecule has 0 spiro atoms. The summed E-state index contributed by atoms with van der Waals surface area (Å²) < 4.78 is 13.0. The van der Waals surface area contributed by atoms with Crippen molar-refractivity contribution in [2.24, 2.45) is 0 Å². The number of fused-ring (bicyclic) bond motifs is 1. The van der Waals surface area contributed by atoms with Gasteiger partial charge < -0.3 is 25.2 Å². The first kappa shape index (κ1) is 27.9. The zero-order valence-electron chi connectivity index (χ0n) is 23.1. The van der Waals surface area contributed by atoms with Gasteiger partial charge in [-0.1, -0.05) is 90.5 Å². The number of nitrogens with one attached hydrogen (secondary N) is 2. The molecule has 5 aromatic carbocycles. The van der Waals surface area contributed by atoms with Gasteiger partial charge in [0.15, 0.2) is 12.2 Å². The maximum absolute atomic E-state index is 13.3. The van der Waals surface area contributed by atoms with E-state index in [2.05, 4.69) is 10.6 Å². The van der Waals surface area contributed by atoms with E-state index in [1.54, 1.807) is 18.2 Å². The summed E-state index contributed by atoms with van der Waals surface area (Å²) in [7, 11) is 0. The third-order valence-corrected chi connectivity index (χ3v) is 7.56. The van der Waals surface area contributed by atoms with Crippen LogP contribution in [0.2, 0.25) is 0 Å². The van der Waals surface area contributed by atoms with Crippen LogP contribution >= 0.6 is 11.6 Å². The Labute approximate surface area is 255 Å². The lowest BCUT2D eigenvalue weighted by atomic mass is 9.89. The van der Waals surface area contributed by atoms with Crippen LogP contribution in [0.25, 0.3) is 0 Å². The Morgan fingerprint density at radius 2 is 1.21 bits per heavy atom. The molecule has 3 N–H and O–H groups in total. The molecule has 1 aliphatic carbocycles. The Balaban J connectivity index is 1.34. The molecule has 0 saturated carbocycles. The molecule has 1 amide bonds. The Bertz CT molecular complexity index is 1740. The number of benzene rings is 5. The average molecular weight is 589 g/mol. The highest BCUT2D eigenvalue weighted by Gasteiger charge is 2.36. The van der Waals surface area contributed by atoms with Crippen LogP contribution in [-0.2, 0) is 6.54 Å². The van der Waals surface area contributed by atoms with Crippen molar-refractivity contribution in [3.05, 3.63) is 166 Å². The highest BCUT2D eigenvalue weighted by Crippen LogP contribution is 2.45. The van der Waals surface area contributed by atoms with Crippen molar-refractivity contribution in [1.29, 1.82) is 0 Å². The van der Waals surface area contributed by atoms with E-state index in [-0.39, 0.29) is 11.7 Å². The molecule has 0 aliphatic heterocycles. The first-order chi connectivity index (χ1) is 21.1. The smallest absolute Gasteiger partial charge is 0.256 e. The molecular formula is C36H29ClN2O4. The molecule has 7 heteroatoms. The number of amides is 1. The number of ether oxygens (including phenoxy) is 2. The van der Waals surface area contributed by atoms with E-state index >= 15 is 0 Å². The van der Waals surface area contributed by atoms with Gasteiger partial charge in [-0.3, -0.25) is 4.79 Å². The van der Waals surface area contributed by atoms with Crippen LogP contribution in [0.15, 0.2) is 144 Å². The van der Waals surface area contributed by atoms with Crippen LogP contribution in [0.4, 0.5) is 5.69 Å². The van der Waals surface area contributed by atoms with Gasteiger partial charge in [0.2, 0.25) is 0 Å². The summed E-state index contributed by atoms with van der Waals surface area (Å²) in [6.07, 6.45) is -1.11. The largest absolute Gasteiger partial charge is 0.508 e. The number of phenolic OH excluding ortho intramolecular Hbond substituents is 1. The maximum atomic E-state index is 13.3. The molecular weight excluding hydrogens is 560 g/mol. The summed E-state index contributed by atoms with van der Waals surface area (Å²) >= 11 is 7.19. The van der Waals surface area contributed by atoms with Crippen molar-refractivity contribution in [3.8, 4) is 17.2 Å². The number of carbonyl (C=O) groups excluding carboxylic acids is 1.